The topological polar surface area (TPSA) is 24.5 Å². The molecule has 0 aromatic heterocycles. The van der Waals surface area contributed by atoms with Crippen LogP contribution < -0.4 is 5.32 Å². The van der Waals surface area contributed by atoms with Crippen molar-refractivity contribution in [3.8, 4) is 0 Å². The Kier molecular flexibility index (Phi) is 9.04. The number of hydrogen-bond donors (Lipinski definition) is 1. The van der Waals surface area contributed by atoms with E-state index in [0.29, 0.717) is 6.10 Å². The van der Waals surface area contributed by atoms with Crippen LogP contribution in [0.3, 0.4) is 0 Å². The van der Waals surface area contributed by atoms with Gasteiger partial charge >= 0.3 is 0 Å². The molecule has 0 radical (unpaired) electrons. The molecule has 2 heterocycles. The average Bonchev–Trinajstić information content (AvgIpc) is 2.41. The molecule has 0 bridgehead atoms. The van der Waals surface area contributed by atoms with Crippen LogP contribution in [0.5, 0.6) is 0 Å². The van der Waals surface area contributed by atoms with E-state index in [-0.39, 0.29) is 12.4 Å². The van der Waals surface area contributed by atoms with Crippen LogP contribution in [0.1, 0.15) is 45.4 Å². The highest BCUT2D eigenvalue weighted by atomic mass is 35.5. The Labute approximate surface area is 124 Å². The molecule has 4 heteroatoms. The number of nitrogens with one attached hydrogen (secondary N) is 1. The van der Waals surface area contributed by atoms with Crippen molar-refractivity contribution >= 4 is 12.4 Å². The van der Waals surface area contributed by atoms with E-state index in [1.54, 1.807) is 0 Å². The molecule has 2 rings (SSSR count). The number of hydrogen-bond acceptors (Lipinski definition) is 3. The van der Waals surface area contributed by atoms with E-state index in [1.807, 2.05) is 0 Å². The lowest BCUT2D eigenvalue weighted by molar-refractivity contribution is -0.00884. The number of rotatable bonds is 6. The van der Waals surface area contributed by atoms with Gasteiger partial charge in [-0.2, -0.15) is 0 Å². The Balaban J connectivity index is 0.00000180. The minimum absolute atomic E-state index is 0. The van der Waals surface area contributed by atoms with Gasteiger partial charge in [0.05, 0.1) is 6.10 Å². The van der Waals surface area contributed by atoms with E-state index in [0.717, 1.165) is 19.1 Å². The molecule has 0 aromatic carbocycles. The predicted molar refractivity (Wildman–Crippen MR) is 83.2 cm³/mol. The first-order valence-electron chi connectivity index (χ1n) is 7.93. The van der Waals surface area contributed by atoms with Gasteiger partial charge in [0, 0.05) is 19.7 Å². The van der Waals surface area contributed by atoms with Crippen LogP contribution in [-0.2, 0) is 4.74 Å². The molecule has 2 fully saturated rings. The van der Waals surface area contributed by atoms with E-state index < -0.39 is 0 Å². The second kappa shape index (κ2) is 9.98. The zero-order valence-electron chi connectivity index (χ0n) is 12.4. The molecule has 1 N–H and O–H groups in total. The molecule has 19 heavy (non-hydrogen) atoms. The highest BCUT2D eigenvalue weighted by Crippen LogP contribution is 2.17. The molecule has 0 aromatic rings. The minimum Gasteiger partial charge on any atom is -0.377 e. The smallest absolute Gasteiger partial charge is 0.0702 e. The van der Waals surface area contributed by atoms with E-state index >= 15 is 0 Å². The summed E-state index contributed by atoms with van der Waals surface area (Å²) in [7, 11) is 0. The van der Waals surface area contributed by atoms with E-state index in [9.17, 15) is 0 Å². The summed E-state index contributed by atoms with van der Waals surface area (Å²) in [4.78, 5) is 2.66. The highest BCUT2D eigenvalue weighted by molar-refractivity contribution is 5.85. The van der Waals surface area contributed by atoms with Crippen LogP contribution in [0.25, 0.3) is 0 Å². The van der Waals surface area contributed by atoms with Crippen molar-refractivity contribution in [2.45, 2.75) is 51.6 Å². The van der Waals surface area contributed by atoms with Crippen LogP contribution >= 0.6 is 12.4 Å². The molecular formula is C15H31ClN2O. The maximum atomic E-state index is 5.89. The molecule has 0 spiro atoms. The summed E-state index contributed by atoms with van der Waals surface area (Å²) >= 11 is 0. The van der Waals surface area contributed by atoms with Crippen LogP contribution in [0.2, 0.25) is 0 Å². The van der Waals surface area contributed by atoms with Crippen molar-refractivity contribution in [2.75, 3.05) is 39.3 Å². The maximum absolute atomic E-state index is 5.89. The van der Waals surface area contributed by atoms with E-state index in [1.165, 1.54) is 64.7 Å². The molecule has 2 aliphatic heterocycles. The third-order valence-electron chi connectivity index (χ3n) is 4.25. The van der Waals surface area contributed by atoms with Crippen LogP contribution in [0.15, 0.2) is 0 Å². The lowest BCUT2D eigenvalue weighted by Gasteiger charge is -2.33. The number of ether oxygens (including phenoxy) is 1. The molecule has 2 aliphatic rings. The van der Waals surface area contributed by atoms with Gasteiger partial charge < -0.3 is 15.0 Å². The Morgan fingerprint density at radius 2 is 1.89 bits per heavy atom. The van der Waals surface area contributed by atoms with E-state index in [4.69, 9.17) is 4.74 Å². The standard InChI is InChI=1S/C15H30N2O.ClH/c1-2-10-17(12-14-6-8-16-9-7-14)13-15-5-3-4-11-18-15;/h14-16H,2-13H2,1H3;1H. The lowest BCUT2D eigenvalue weighted by Crippen LogP contribution is -2.41. The Morgan fingerprint density at radius 3 is 2.53 bits per heavy atom. The molecule has 0 saturated carbocycles. The lowest BCUT2D eigenvalue weighted by atomic mass is 9.97. The fraction of sp³-hybridized carbons (Fsp3) is 1.00. The van der Waals surface area contributed by atoms with Crippen molar-refractivity contribution in [1.82, 2.24) is 10.2 Å². The maximum Gasteiger partial charge on any atom is 0.0702 e. The molecule has 0 amide bonds. The number of halogens is 1. The highest BCUT2D eigenvalue weighted by Gasteiger charge is 2.21. The summed E-state index contributed by atoms with van der Waals surface area (Å²) in [5.41, 5.74) is 0. The van der Waals surface area contributed by atoms with Gasteiger partial charge in [-0.1, -0.05) is 6.92 Å². The van der Waals surface area contributed by atoms with Gasteiger partial charge in [-0.15, -0.1) is 12.4 Å². The van der Waals surface area contributed by atoms with Crippen molar-refractivity contribution in [2.24, 2.45) is 5.92 Å². The van der Waals surface area contributed by atoms with Crippen molar-refractivity contribution in [3.63, 3.8) is 0 Å². The number of nitrogens with zero attached hydrogens (tertiary/aromatic N) is 1. The second-order valence-electron chi connectivity index (χ2n) is 5.94. The third kappa shape index (κ3) is 6.44. The van der Waals surface area contributed by atoms with Crippen molar-refractivity contribution < 1.29 is 4.74 Å². The first kappa shape index (κ1) is 17.2. The molecule has 114 valence electrons. The normalized spacial score (nSPS) is 25.3. The summed E-state index contributed by atoms with van der Waals surface area (Å²) < 4.78 is 5.89. The fourth-order valence-electron chi connectivity index (χ4n) is 3.24. The Morgan fingerprint density at radius 1 is 1.11 bits per heavy atom. The predicted octanol–water partition coefficient (Wildman–Crippen LogP) is 2.69. The summed E-state index contributed by atoms with van der Waals surface area (Å²) in [6.07, 6.45) is 8.37. The zero-order chi connectivity index (χ0) is 12.6. The molecule has 2 saturated heterocycles. The quantitative estimate of drug-likeness (QED) is 0.814. The van der Waals surface area contributed by atoms with Gasteiger partial charge in [-0.05, 0) is 64.1 Å². The molecule has 0 aliphatic carbocycles. The van der Waals surface area contributed by atoms with Gasteiger partial charge in [-0.25, -0.2) is 0 Å². The van der Waals surface area contributed by atoms with Crippen molar-refractivity contribution in [3.05, 3.63) is 0 Å². The van der Waals surface area contributed by atoms with Crippen LogP contribution in [0, 0.1) is 5.92 Å². The van der Waals surface area contributed by atoms with Gasteiger partial charge in [0.25, 0.3) is 0 Å². The summed E-state index contributed by atoms with van der Waals surface area (Å²) in [5.74, 6) is 0.904. The summed E-state index contributed by atoms with van der Waals surface area (Å²) in [6.45, 7) is 9.39. The zero-order valence-corrected chi connectivity index (χ0v) is 13.2. The summed E-state index contributed by atoms with van der Waals surface area (Å²) in [6, 6.07) is 0. The molecule has 1 atom stereocenters. The van der Waals surface area contributed by atoms with Crippen LogP contribution in [-0.4, -0.2) is 50.3 Å². The Bertz CT molecular complexity index is 196. The Hall–Kier alpha value is 0.170. The number of piperidine rings is 1. The van der Waals surface area contributed by atoms with E-state index in [2.05, 4.69) is 17.1 Å². The second-order valence-corrected chi connectivity index (χ2v) is 5.94. The summed E-state index contributed by atoms with van der Waals surface area (Å²) in [5, 5.41) is 3.46. The van der Waals surface area contributed by atoms with Crippen molar-refractivity contribution in [1.29, 1.82) is 0 Å². The first-order valence-corrected chi connectivity index (χ1v) is 7.93. The molecular weight excluding hydrogens is 260 g/mol. The molecule has 1 unspecified atom stereocenters. The molecule has 3 nitrogen and oxygen atoms in total. The van der Waals surface area contributed by atoms with Gasteiger partial charge in [-0.3, -0.25) is 0 Å². The fourth-order valence-corrected chi connectivity index (χ4v) is 3.24. The van der Waals surface area contributed by atoms with Crippen LogP contribution in [0.4, 0.5) is 0 Å². The monoisotopic (exact) mass is 290 g/mol. The SMILES string of the molecule is CCCN(CC1CCNCC1)CC1CCCCO1.Cl. The minimum atomic E-state index is 0. The van der Waals surface area contributed by atoms with Gasteiger partial charge in [0.15, 0.2) is 0 Å². The first-order chi connectivity index (χ1) is 8.88. The third-order valence-corrected chi connectivity index (χ3v) is 4.25. The largest absolute Gasteiger partial charge is 0.377 e. The average molecular weight is 291 g/mol. The van der Waals surface area contributed by atoms with Gasteiger partial charge in [0.2, 0.25) is 0 Å². The van der Waals surface area contributed by atoms with Gasteiger partial charge in [0.1, 0.15) is 0 Å².